The highest BCUT2D eigenvalue weighted by Crippen LogP contribution is 2.47. The SMILES string of the molecule is O=C(COC(=O)COc1ccc(F)cc1)Nc1ccc2c(c1)OC1(CCCC1)O2. The van der Waals surface area contributed by atoms with Crippen LogP contribution in [0.4, 0.5) is 10.1 Å². The molecule has 0 aromatic heterocycles. The molecule has 0 radical (unpaired) electrons. The first-order chi connectivity index (χ1) is 14.0. The zero-order valence-electron chi connectivity index (χ0n) is 15.6. The highest BCUT2D eigenvalue weighted by molar-refractivity contribution is 5.93. The predicted molar refractivity (Wildman–Crippen MR) is 100 cm³/mol. The minimum atomic E-state index is -0.710. The van der Waals surface area contributed by atoms with Crippen LogP contribution in [-0.4, -0.2) is 30.9 Å². The van der Waals surface area contributed by atoms with Gasteiger partial charge in [-0.25, -0.2) is 9.18 Å². The molecular weight excluding hydrogens is 381 g/mol. The first kappa shape index (κ1) is 19.0. The highest BCUT2D eigenvalue weighted by Gasteiger charge is 2.44. The molecule has 1 heterocycles. The van der Waals surface area contributed by atoms with Crippen molar-refractivity contribution in [3.8, 4) is 17.2 Å². The van der Waals surface area contributed by atoms with Gasteiger partial charge in [-0.1, -0.05) is 0 Å². The summed E-state index contributed by atoms with van der Waals surface area (Å²) in [6, 6.07) is 10.4. The fraction of sp³-hybridized carbons (Fsp3) is 0.333. The average Bonchev–Trinajstić information content (AvgIpc) is 3.31. The van der Waals surface area contributed by atoms with Gasteiger partial charge >= 0.3 is 5.97 Å². The highest BCUT2D eigenvalue weighted by atomic mass is 19.1. The molecule has 0 saturated heterocycles. The minimum Gasteiger partial charge on any atom is -0.482 e. The maximum atomic E-state index is 12.8. The molecule has 2 aromatic carbocycles. The summed E-state index contributed by atoms with van der Waals surface area (Å²) in [6.07, 6.45) is 3.82. The average molecular weight is 401 g/mol. The summed E-state index contributed by atoms with van der Waals surface area (Å²) in [7, 11) is 0. The number of benzene rings is 2. The maximum Gasteiger partial charge on any atom is 0.344 e. The molecule has 1 aliphatic heterocycles. The molecule has 4 rings (SSSR count). The van der Waals surface area contributed by atoms with Crippen LogP contribution >= 0.6 is 0 Å². The van der Waals surface area contributed by atoms with E-state index in [1.54, 1.807) is 18.2 Å². The Bertz CT molecular complexity index is 908. The Hall–Kier alpha value is -3.29. The van der Waals surface area contributed by atoms with Crippen molar-refractivity contribution in [2.75, 3.05) is 18.5 Å². The fourth-order valence-corrected chi connectivity index (χ4v) is 3.35. The number of anilines is 1. The molecular formula is C21H20FNO6. The van der Waals surface area contributed by atoms with Crippen LogP contribution in [0.5, 0.6) is 17.2 Å². The molecule has 1 N–H and O–H groups in total. The van der Waals surface area contributed by atoms with Gasteiger partial charge in [-0.3, -0.25) is 4.79 Å². The molecule has 0 bridgehead atoms. The van der Waals surface area contributed by atoms with Crippen molar-refractivity contribution in [3.05, 3.63) is 48.3 Å². The van der Waals surface area contributed by atoms with Gasteiger partial charge in [0.1, 0.15) is 11.6 Å². The second-order valence-electron chi connectivity index (χ2n) is 6.93. The van der Waals surface area contributed by atoms with Gasteiger partial charge in [0.2, 0.25) is 0 Å². The predicted octanol–water partition coefficient (Wildman–Crippen LogP) is 3.43. The summed E-state index contributed by atoms with van der Waals surface area (Å²) in [4.78, 5) is 23.7. The molecule has 152 valence electrons. The Labute approximate surface area is 166 Å². The number of amides is 1. The normalized spacial score (nSPS) is 15.9. The van der Waals surface area contributed by atoms with Crippen LogP contribution in [0, 0.1) is 5.82 Å². The van der Waals surface area contributed by atoms with Crippen molar-refractivity contribution in [3.63, 3.8) is 0 Å². The first-order valence-electron chi connectivity index (χ1n) is 9.37. The Morgan fingerprint density at radius 2 is 1.72 bits per heavy atom. The smallest absolute Gasteiger partial charge is 0.344 e. The Balaban J connectivity index is 1.23. The van der Waals surface area contributed by atoms with Crippen molar-refractivity contribution in [2.24, 2.45) is 0 Å². The fourth-order valence-electron chi connectivity index (χ4n) is 3.35. The summed E-state index contributed by atoms with van der Waals surface area (Å²) in [5.74, 6) is -0.589. The Morgan fingerprint density at radius 1 is 1.00 bits per heavy atom. The lowest BCUT2D eigenvalue weighted by atomic mass is 10.2. The van der Waals surface area contributed by atoms with Crippen LogP contribution in [0.25, 0.3) is 0 Å². The lowest BCUT2D eigenvalue weighted by Crippen LogP contribution is -2.34. The van der Waals surface area contributed by atoms with E-state index in [0.29, 0.717) is 22.9 Å². The van der Waals surface area contributed by atoms with Crippen LogP contribution in [0.3, 0.4) is 0 Å². The number of carbonyl (C=O) groups excluding carboxylic acids is 2. The van der Waals surface area contributed by atoms with Crippen molar-refractivity contribution in [1.82, 2.24) is 0 Å². The lowest BCUT2D eigenvalue weighted by Gasteiger charge is -2.21. The zero-order valence-corrected chi connectivity index (χ0v) is 15.6. The molecule has 0 unspecified atom stereocenters. The van der Waals surface area contributed by atoms with E-state index in [0.717, 1.165) is 25.7 Å². The maximum absolute atomic E-state index is 12.8. The third-order valence-corrected chi connectivity index (χ3v) is 4.72. The van der Waals surface area contributed by atoms with Gasteiger partial charge in [-0.05, 0) is 49.2 Å². The molecule has 7 nitrogen and oxygen atoms in total. The number of rotatable bonds is 6. The van der Waals surface area contributed by atoms with Gasteiger partial charge in [0, 0.05) is 24.6 Å². The van der Waals surface area contributed by atoms with Crippen molar-refractivity contribution in [1.29, 1.82) is 0 Å². The van der Waals surface area contributed by atoms with Gasteiger partial charge in [0.15, 0.2) is 24.7 Å². The number of ether oxygens (including phenoxy) is 4. The number of carbonyl (C=O) groups is 2. The van der Waals surface area contributed by atoms with Gasteiger partial charge in [-0.2, -0.15) is 0 Å². The number of esters is 1. The van der Waals surface area contributed by atoms with Crippen LogP contribution in [-0.2, 0) is 14.3 Å². The summed E-state index contributed by atoms with van der Waals surface area (Å²) >= 11 is 0. The number of nitrogens with one attached hydrogen (secondary N) is 1. The zero-order chi connectivity index (χ0) is 20.3. The monoisotopic (exact) mass is 401 g/mol. The molecule has 1 spiro atoms. The van der Waals surface area contributed by atoms with Gasteiger partial charge in [0.25, 0.3) is 11.7 Å². The molecule has 0 atom stereocenters. The van der Waals surface area contributed by atoms with E-state index in [2.05, 4.69) is 5.32 Å². The minimum absolute atomic E-state index is 0.327. The Kier molecular flexibility index (Phi) is 5.24. The van der Waals surface area contributed by atoms with Crippen LogP contribution < -0.4 is 19.5 Å². The number of halogens is 1. The Morgan fingerprint density at radius 3 is 2.48 bits per heavy atom. The van der Waals surface area contributed by atoms with Crippen molar-refractivity contribution in [2.45, 2.75) is 31.5 Å². The third kappa shape index (κ3) is 4.59. The summed E-state index contributed by atoms with van der Waals surface area (Å²) in [5, 5.41) is 2.65. The van der Waals surface area contributed by atoms with E-state index in [-0.39, 0.29) is 6.61 Å². The molecule has 1 saturated carbocycles. The van der Waals surface area contributed by atoms with Crippen molar-refractivity contribution < 1.29 is 32.9 Å². The third-order valence-electron chi connectivity index (χ3n) is 4.72. The first-order valence-corrected chi connectivity index (χ1v) is 9.37. The van der Waals surface area contributed by atoms with Crippen molar-refractivity contribution >= 4 is 17.6 Å². The molecule has 2 aliphatic rings. The van der Waals surface area contributed by atoms with Crippen LogP contribution in [0.2, 0.25) is 0 Å². The largest absolute Gasteiger partial charge is 0.482 e. The van der Waals surface area contributed by atoms with E-state index >= 15 is 0 Å². The molecule has 1 amide bonds. The topological polar surface area (TPSA) is 83.1 Å². The summed E-state index contributed by atoms with van der Waals surface area (Å²) in [6.45, 7) is -0.838. The van der Waals surface area contributed by atoms with Crippen LogP contribution in [0.1, 0.15) is 25.7 Å². The molecule has 1 aliphatic carbocycles. The number of hydrogen-bond donors (Lipinski definition) is 1. The van der Waals surface area contributed by atoms with Gasteiger partial charge in [0.05, 0.1) is 0 Å². The molecule has 1 fully saturated rings. The standard InChI is InChI=1S/C21H20FNO6/c22-14-3-6-16(7-4-14)26-13-20(25)27-12-19(24)23-15-5-8-17-18(11-15)29-21(28-17)9-1-2-10-21/h3-8,11H,1-2,9-10,12-13H2,(H,23,24). The molecule has 29 heavy (non-hydrogen) atoms. The van der Waals surface area contributed by atoms with Crippen LogP contribution in [0.15, 0.2) is 42.5 Å². The summed E-state index contributed by atoms with van der Waals surface area (Å²) < 4.78 is 34.8. The number of fused-ring (bicyclic) bond motifs is 1. The quantitative estimate of drug-likeness (QED) is 0.747. The van der Waals surface area contributed by atoms with Gasteiger partial charge < -0.3 is 24.3 Å². The second kappa shape index (κ2) is 7.98. The van der Waals surface area contributed by atoms with Gasteiger partial charge in [-0.15, -0.1) is 0 Å². The second-order valence-corrected chi connectivity index (χ2v) is 6.93. The van der Waals surface area contributed by atoms with E-state index in [9.17, 15) is 14.0 Å². The number of hydrogen-bond acceptors (Lipinski definition) is 6. The van der Waals surface area contributed by atoms with E-state index in [1.807, 2.05) is 0 Å². The lowest BCUT2D eigenvalue weighted by molar-refractivity contribution is -0.149. The molecule has 8 heteroatoms. The van der Waals surface area contributed by atoms with E-state index in [4.69, 9.17) is 18.9 Å². The summed E-state index contributed by atoms with van der Waals surface area (Å²) in [5.41, 5.74) is 0.519. The molecule has 2 aromatic rings. The van der Waals surface area contributed by atoms with E-state index in [1.165, 1.54) is 24.3 Å². The van der Waals surface area contributed by atoms with E-state index < -0.39 is 30.1 Å².